The second-order valence-corrected chi connectivity index (χ2v) is 6.41. The van der Waals surface area contributed by atoms with Crippen LogP contribution < -0.4 is 10.2 Å². The highest BCUT2D eigenvalue weighted by atomic mass is 19.1. The van der Waals surface area contributed by atoms with Gasteiger partial charge in [0.25, 0.3) is 5.71 Å². The van der Waals surface area contributed by atoms with Crippen molar-refractivity contribution in [3.05, 3.63) is 42.1 Å². The fourth-order valence-electron chi connectivity index (χ4n) is 3.31. The molecule has 0 spiro atoms. The van der Waals surface area contributed by atoms with Gasteiger partial charge in [0.05, 0.1) is 5.69 Å². The smallest absolute Gasteiger partial charge is 0.263 e. The van der Waals surface area contributed by atoms with Crippen molar-refractivity contribution in [1.82, 2.24) is 15.1 Å². The molecule has 0 unspecified atom stereocenters. The lowest BCUT2D eigenvalue weighted by Crippen LogP contribution is -2.38. The molecule has 26 heavy (non-hydrogen) atoms. The first-order valence-electron chi connectivity index (χ1n) is 8.50. The number of anilines is 2. The number of fused-ring (bicyclic) bond motifs is 1. The number of amides is 1. The molecule has 134 valence electrons. The van der Waals surface area contributed by atoms with Gasteiger partial charge < -0.3 is 14.7 Å². The van der Waals surface area contributed by atoms with E-state index in [9.17, 15) is 9.18 Å². The maximum atomic E-state index is 13.2. The summed E-state index contributed by atoms with van der Waals surface area (Å²) in [6.07, 6.45) is 2.85. The largest absolute Gasteiger partial charge is 0.356 e. The lowest BCUT2D eigenvalue weighted by molar-refractivity contribution is -0.120. The number of nitrogens with zero attached hydrogens (tertiary/aromatic N) is 4. The molecule has 3 heterocycles. The van der Waals surface area contributed by atoms with E-state index in [1.165, 1.54) is 18.5 Å². The zero-order valence-corrected chi connectivity index (χ0v) is 14.3. The van der Waals surface area contributed by atoms with Crippen LogP contribution in [0.4, 0.5) is 15.9 Å². The van der Waals surface area contributed by atoms with Crippen LogP contribution in [-0.4, -0.2) is 34.1 Å². The molecule has 1 N–H and O–H groups in total. The second-order valence-electron chi connectivity index (χ2n) is 6.41. The number of halogens is 1. The lowest BCUT2D eigenvalue weighted by Gasteiger charge is -2.32. The highest BCUT2D eigenvalue weighted by Crippen LogP contribution is 2.29. The van der Waals surface area contributed by atoms with Crippen LogP contribution in [0.15, 0.2) is 35.1 Å². The Labute approximate surface area is 149 Å². The molecule has 3 aromatic rings. The molecule has 1 saturated heterocycles. The minimum absolute atomic E-state index is 0.0794. The molecule has 0 atom stereocenters. The van der Waals surface area contributed by atoms with Crippen LogP contribution in [-0.2, 0) is 4.79 Å². The van der Waals surface area contributed by atoms with Crippen LogP contribution >= 0.6 is 0 Å². The molecule has 7 nitrogen and oxygen atoms in total. The maximum Gasteiger partial charge on any atom is 0.263 e. The summed E-state index contributed by atoms with van der Waals surface area (Å²) in [6.45, 7) is 3.24. The Morgan fingerprint density at radius 2 is 2.12 bits per heavy atom. The van der Waals surface area contributed by atoms with Gasteiger partial charge in [-0.15, -0.1) is 0 Å². The molecule has 2 aromatic heterocycles. The first-order chi connectivity index (χ1) is 12.6. The first kappa shape index (κ1) is 16.4. The van der Waals surface area contributed by atoms with Crippen molar-refractivity contribution < 1.29 is 13.7 Å². The van der Waals surface area contributed by atoms with Gasteiger partial charge in [-0.2, -0.15) is 4.98 Å². The van der Waals surface area contributed by atoms with E-state index < -0.39 is 0 Å². The van der Waals surface area contributed by atoms with Crippen molar-refractivity contribution in [2.75, 3.05) is 23.3 Å². The summed E-state index contributed by atoms with van der Waals surface area (Å²) in [4.78, 5) is 23.0. The van der Waals surface area contributed by atoms with Crippen molar-refractivity contribution >= 4 is 28.5 Å². The van der Waals surface area contributed by atoms with E-state index in [-0.39, 0.29) is 17.6 Å². The Balaban J connectivity index is 1.44. The topological polar surface area (TPSA) is 84.2 Å². The van der Waals surface area contributed by atoms with Crippen molar-refractivity contribution in [3.8, 4) is 0 Å². The van der Waals surface area contributed by atoms with Crippen molar-refractivity contribution in [2.24, 2.45) is 5.92 Å². The molecule has 1 amide bonds. The third kappa shape index (κ3) is 3.10. The van der Waals surface area contributed by atoms with Crippen LogP contribution in [0, 0.1) is 18.7 Å². The third-order valence-corrected chi connectivity index (χ3v) is 4.68. The van der Waals surface area contributed by atoms with E-state index in [2.05, 4.69) is 25.3 Å². The van der Waals surface area contributed by atoms with Crippen molar-refractivity contribution in [1.29, 1.82) is 0 Å². The SMILES string of the molecule is Cc1noc2ncnc(N3CCC(C(=O)Nc4cccc(F)c4)CC3)c12. The van der Waals surface area contributed by atoms with Gasteiger partial charge in [-0.1, -0.05) is 11.2 Å². The Morgan fingerprint density at radius 1 is 1.31 bits per heavy atom. The number of hydrogen-bond donors (Lipinski definition) is 1. The summed E-state index contributed by atoms with van der Waals surface area (Å²) >= 11 is 0. The minimum Gasteiger partial charge on any atom is -0.356 e. The Bertz CT molecular complexity index is 950. The number of hydrogen-bond acceptors (Lipinski definition) is 6. The number of nitrogens with one attached hydrogen (secondary N) is 1. The molecule has 0 saturated carbocycles. The van der Waals surface area contributed by atoms with E-state index in [0.717, 1.165) is 16.9 Å². The normalized spacial score (nSPS) is 15.4. The van der Waals surface area contributed by atoms with E-state index in [1.54, 1.807) is 12.1 Å². The summed E-state index contributed by atoms with van der Waals surface area (Å²) in [5, 5.41) is 7.56. The van der Waals surface area contributed by atoms with Gasteiger partial charge in [-0.3, -0.25) is 4.79 Å². The van der Waals surface area contributed by atoms with Gasteiger partial charge in [-0.25, -0.2) is 9.37 Å². The number of aryl methyl sites for hydroxylation is 1. The summed E-state index contributed by atoms with van der Waals surface area (Å²) in [5.74, 6) is 0.229. The van der Waals surface area contributed by atoms with Gasteiger partial charge >= 0.3 is 0 Å². The number of carbonyl (C=O) groups is 1. The van der Waals surface area contributed by atoms with Gasteiger partial charge in [0, 0.05) is 24.7 Å². The Kier molecular flexibility index (Phi) is 4.24. The van der Waals surface area contributed by atoms with Gasteiger partial charge in [0.2, 0.25) is 5.91 Å². The molecule has 0 aliphatic carbocycles. The monoisotopic (exact) mass is 355 g/mol. The molecule has 1 aromatic carbocycles. The summed E-state index contributed by atoms with van der Waals surface area (Å²) in [5.41, 5.74) is 1.70. The average Bonchev–Trinajstić information content (AvgIpc) is 3.03. The number of rotatable bonds is 3. The summed E-state index contributed by atoms with van der Waals surface area (Å²) < 4.78 is 18.4. The molecule has 4 rings (SSSR count). The first-order valence-corrected chi connectivity index (χ1v) is 8.50. The van der Waals surface area contributed by atoms with Gasteiger partial charge in [-0.05, 0) is 38.0 Å². The fraction of sp³-hybridized carbons (Fsp3) is 0.333. The molecule has 1 aliphatic rings. The van der Waals surface area contributed by atoms with E-state index in [1.807, 2.05) is 6.92 Å². The third-order valence-electron chi connectivity index (χ3n) is 4.68. The highest BCUT2D eigenvalue weighted by molar-refractivity contribution is 5.93. The van der Waals surface area contributed by atoms with Gasteiger partial charge in [0.15, 0.2) is 0 Å². The van der Waals surface area contributed by atoms with Crippen LogP contribution in [0.5, 0.6) is 0 Å². The Morgan fingerprint density at radius 3 is 2.88 bits per heavy atom. The summed E-state index contributed by atoms with van der Waals surface area (Å²) in [7, 11) is 0. The minimum atomic E-state index is -0.366. The van der Waals surface area contributed by atoms with Crippen LogP contribution in [0.3, 0.4) is 0 Å². The molecular formula is C18H18FN5O2. The molecular weight excluding hydrogens is 337 g/mol. The van der Waals surface area contributed by atoms with Gasteiger partial charge in [0.1, 0.15) is 23.3 Å². The predicted molar refractivity (Wildman–Crippen MR) is 94.3 cm³/mol. The zero-order valence-electron chi connectivity index (χ0n) is 14.3. The Hall–Kier alpha value is -3.03. The van der Waals surface area contributed by atoms with E-state index in [4.69, 9.17) is 4.52 Å². The summed E-state index contributed by atoms with van der Waals surface area (Å²) in [6, 6.07) is 5.93. The van der Waals surface area contributed by atoms with Crippen molar-refractivity contribution in [3.63, 3.8) is 0 Å². The quantitative estimate of drug-likeness (QED) is 0.778. The molecule has 0 radical (unpaired) electrons. The van der Waals surface area contributed by atoms with Crippen LogP contribution in [0.2, 0.25) is 0 Å². The van der Waals surface area contributed by atoms with Crippen LogP contribution in [0.1, 0.15) is 18.5 Å². The maximum absolute atomic E-state index is 13.2. The molecule has 0 bridgehead atoms. The average molecular weight is 355 g/mol. The number of carbonyl (C=O) groups excluding carboxylic acids is 1. The predicted octanol–water partition coefficient (Wildman–Crippen LogP) is 2.92. The molecule has 1 aliphatic heterocycles. The standard InChI is InChI=1S/C18H18FN5O2/c1-11-15-16(20-10-21-18(15)26-23-11)24-7-5-12(6-8-24)17(25)22-14-4-2-3-13(19)9-14/h2-4,9-10,12H,5-8H2,1H3,(H,22,25). The van der Waals surface area contributed by atoms with Crippen molar-refractivity contribution in [2.45, 2.75) is 19.8 Å². The zero-order chi connectivity index (χ0) is 18.1. The molecule has 1 fully saturated rings. The highest BCUT2D eigenvalue weighted by Gasteiger charge is 2.27. The number of benzene rings is 1. The molecule has 8 heteroatoms. The fourth-order valence-corrected chi connectivity index (χ4v) is 3.31. The number of aromatic nitrogens is 3. The lowest BCUT2D eigenvalue weighted by atomic mass is 9.95. The number of piperidine rings is 1. The second kappa shape index (κ2) is 6.70. The van der Waals surface area contributed by atoms with E-state index >= 15 is 0 Å². The van der Waals surface area contributed by atoms with Crippen LogP contribution in [0.25, 0.3) is 11.1 Å². The van der Waals surface area contributed by atoms with E-state index in [0.29, 0.717) is 37.3 Å².